The highest BCUT2D eigenvalue weighted by atomic mass is 15.3. The number of fused-ring (bicyclic) bond motifs is 1. The molecule has 5 heteroatoms. The molecule has 0 saturated carbocycles. The van der Waals surface area contributed by atoms with E-state index >= 15 is 0 Å². The second kappa shape index (κ2) is 4.35. The molecule has 0 saturated heterocycles. The first-order valence-corrected chi connectivity index (χ1v) is 6.21. The Hall–Kier alpha value is -2.87. The van der Waals surface area contributed by atoms with Gasteiger partial charge in [0.25, 0.3) is 0 Å². The van der Waals surface area contributed by atoms with Crippen LogP contribution in [0.2, 0.25) is 0 Å². The molecular formula is C15H13N5. The van der Waals surface area contributed by atoms with Crippen LogP contribution in [0.5, 0.6) is 0 Å². The van der Waals surface area contributed by atoms with Crippen molar-refractivity contribution in [3.05, 3.63) is 41.5 Å². The number of nitrogens with two attached hydrogens (primary N) is 1. The fraction of sp³-hybridized carbons (Fsp3) is 0.133. The third-order valence-electron chi connectivity index (χ3n) is 3.40. The van der Waals surface area contributed by atoms with Crippen molar-refractivity contribution in [1.82, 2.24) is 14.8 Å². The third kappa shape index (κ3) is 1.62. The van der Waals surface area contributed by atoms with E-state index in [9.17, 15) is 5.26 Å². The molecule has 0 amide bonds. The molecule has 2 N–H and O–H groups in total. The second-order valence-corrected chi connectivity index (χ2v) is 4.65. The summed E-state index contributed by atoms with van der Waals surface area (Å²) in [5.74, 6) is 0.342. The number of benzene rings is 1. The highest BCUT2D eigenvalue weighted by Gasteiger charge is 2.18. The Morgan fingerprint density at radius 3 is 2.60 bits per heavy atom. The van der Waals surface area contributed by atoms with E-state index in [1.807, 2.05) is 37.3 Å². The lowest BCUT2D eigenvalue weighted by Gasteiger charge is -2.08. The molecule has 20 heavy (non-hydrogen) atoms. The summed E-state index contributed by atoms with van der Waals surface area (Å²) < 4.78 is 1.61. The van der Waals surface area contributed by atoms with Gasteiger partial charge >= 0.3 is 0 Å². The lowest BCUT2D eigenvalue weighted by atomic mass is 10.0. The smallest absolute Gasteiger partial charge is 0.161 e. The molecule has 2 heterocycles. The number of nitrogens with zero attached hydrogens (tertiary/aromatic N) is 4. The molecule has 0 aliphatic rings. The van der Waals surface area contributed by atoms with E-state index in [0.29, 0.717) is 22.4 Å². The molecule has 0 aliphatic carbocycles. The zero-order valence-electron chi connectivity index (χ0n) is 11.3. The molecule has 3 aromatic rings. The maximum atomic E-state index is 9.45. The van der Waals surface area contributed by atoms with Crippen molar-refractivity contribution in [2.24, 2.45) is 7.05 Å². The normalized spacial score (nSPS) is 10.7. The highest BCUT2D eigenvalue weighted by molar-refractivity contribution is 5.95. The first kappa shape index (κ1) is 12.2. The van der Waals surface area contributed by atoms with Gasteiger partial charge in [0.15, 0.2) is 11.5 Å². The van der Waals surface area contributed by atoms with Gasteiger partial charge < -0.3 is 5.73 Å². The quantitative estimate of drug-likeness (QED) is 0.731. The molecule has 0 aliphatic heterocycles. The van der Waals surface area contributed by atoms with Gasteiger partial charge in [-0.05, 0) is 12.5 Å². The Morgan fingerprint density at radius 1 is 1.25 bits per heavy atom. The van der Waals surface area contributed by atoms with Crippen LogP contribution in [0.1, 0.15) is 11.1 Å². The third-order valence-corrected chi connectivity index (χ3v) is 3.40. The Bertz CT molecular complexity index is 840. The topological polar surface area (TPSA) is 80.5 Å². The van der Waals surface area contributed by atoms with Crippen LogP contribution in [0, 0.1) is 18.3 Å². The molecule has 5 nitrogen and oxygen atoms in total. The van der Waals surface area contributed by atoms with Crippen molar-refractivity contribution in [2.45, 2.75) is 6.92 Å². The lowest BCUT2D eigenvalue weighted by molar-refractivity contribution is 0.791. The average molecular weight is 263 g/mol. The Morgan fingerprint density at radius 2 is 1.95 bits per heavy atom. The SMILES string of the molecule is Cc1c(-c2ccccc2)nc2c(c(N)nn2C)c1C#N. The first-order chi connectivity index (χ1) is 9.63. The molecule has 0 fully saturated rings. The molecular weight excluding hydrogens is 250 g/mol. The van der Waals surface area contributed by atoms with Crippen molar-refractivity contribution < 1.29 is 0 Å². The predicted octanol–water partition coefficient (Wildman–Crippen LogP) is 2.40. The van der Waals surface area contributed by atoms with Gasteiger partial charge in [-0.15, -0.1) is 0 Å². The standard InChI is InChI=1S/C15H13N5/c1-9-11(8-16)12-14(17)19-20(2)15(12)18-13(9)10-6-4-3-5-7-10/h3-7H,1-2H3,(H2,17,19). The minimum absolute atomic E-state index is 0.342. The molecule has 2 aromatic heterocycles. The zero-order chi connectivity index (χ0) is 14.3. The lowest BCUT2D eigenvalue weighted by Crippen LogP contribution is -1.98. The summed E-state index contributed by atoms with van der Waals surface area (Å²) >= 11 is 0. The van der Waals surface area contributed by atoms with Gasteiger partial charge in [-0.2, -0.15) is 10.4 Å². The maximum Gasteiger partial charge on any atom is 0.161 e. The number of hydrogen-bond donors (Lipinski definition) is 1. The van der Waals surface area contributed by atoms with Gasteiger partial charge in [-0.3, -0.25) is 0 Å². The minimum Gasteiger partial charge on any atom is -0.382 e. The molecule has 0 atom stereocenters. The predicted molar refractivity (Wildman–Crippen MR) is 77.8 cm³/mol. The summed E-state index contributed by atoms with van der Waals surface area (Å²) in [5, 5.41) is 14.2. The van der Waals surface area contributed by atoms with Crippen LogP contribution in [0.4, 0.5) is 5.82 Å². The van der Waals surface area contributed by atoms with E-state index < -0.39 is 0 Å². The Labute approximate surface area is 116 Å². The fourth-order valence-corrected chi connectivity index (χ4v) is 2.42. The summed E-state index contributed by atoms with van der Waals surface area (Å²) in [6.45, 7) is 1.89. The first-order valence-electron chi connectivity index (χ1n) is 6.21. The monoisotopic (exact) mass is 263 g/mol. The number of aromatic nitrogens is 3. The number of nitriles is 1. The van der Waals surface area contributed by atoms with Gasteiger partial charge in [0.1, 0.15) is 6.07 Å². The molecule has 0 bridgehead atoms. The van der Waals surface area contributed by atoms with Crippen LogP contribution < -0.4 is 5.73 Å². The zero-order valence-corrected chi connectivity index (χ0v) is 11.3. The van der Waals surface area contributed by atoms with Crippen molar-refractivity contribution in [3.8, 4) is 17.3 Å². The number of pyridine rings is 1. The molecule has 0 spiro atoms. The van der Waals surface area contributed by atoms with E-state index in [0.717, 1.165) is 16.8 Å². The van der Waals surface area contributed by atoms with E-state index in [-0.39, 0.29) is 0 Å². The molecule has 3 rings (SSSR count). The molecule has 0 unspecified atom stereocenters. The number of aryl methyl sites for hydroxylation is 1. The van der Waals surface area contributed by atoms with Crippen LogP contribution in [0.15, 0.2) is 30.3 Å². The van der Waals surface area contributed by atoms with E-state index in [2.05, 4.69) is 16.2 Å². The molecule has 98 valence electrons. The van der Waals surface area contributed by atoms with Gasteiger partial charge in [-0.1, -0.05) is 30.3 Å². The van der Waals surface area contributed by atoms with Crippen molar-refractivity contribution >= 4 is 16.9 Å². The van der Waals surface area contributed by atoms with Crippen molar-refractivity contribution in [3.63, 3.8) is 0 Å². The number of anilines is 1. The van der Waals surface area contributed by atoms with E-state index in [4.69, 9.17) is 5.73 Å². The van der Waals surface area contributed by atoms with E-state index in [1.165, 1.54) is 0 Å². The summed E-state index contributed by atoms with van der Waals surface area (Å²) in [6.07, 6.45) is 0. The van der Waals surface area contributed by atoms with Crippen LogP contribution in [-0.4, -0.2) is 14.8 Å². The van der Waals surface area contributed by atoms with Crippen LogP contribution in [0.3, 0.4) is 0 Å². The van der Waals surface area contributed by atoms with Gasteiger partial charge in [0.05, 0.1) is 16.6 Å². The number of rotatable bonds is 1. The van der Waals surface area contributed by atoms with Gasteiger partial charge in [-0.25, -0.2) is 9.67 Å². The van der Waals surface area contributed by atoms with Gasteiger partial charge in [0, 0.05) is 12.6 Å². The number of hydrogen-bond acceptors (Lipinski definition) is 4. The summed E-state index contributed by atoms with van der Waals surface area (Å²) in [6, 6.07) is 12.0. The van der Waals surface area contributed by atoms with Crippen LogP contribution >= 0.6 is 0 Å². The molecule has 0 radical (unpaired) electrons. The second-order valence-electron chi connectivity index (χ2n) is 4.65. The highest BCUT2D eigenvalue weighted by Crippen LogP contribution is 2.31. The van der Waals surface area contributed by atoms with Crippen molar-refractivity contribution in [1.29, 1.82) is 5.26 Å². The summed E-state index contributed by atoms with van der Waals surface area (Å²) in [5.41, 5.74) is 9.65. The fourth-order valence-electron chi connectivity index (χ4n) is 2.42. The molecule has 1 aromatic carbocycles. The summed E-state index contributed by atoms with van der Waals surface area (Å²) in [4.78, 5) is 4.64. The Kier molecular flexibility index (Phi) is 2.65. The summed E-state index contributed by atoms with van der Waals surface area (Å²) in [7, 11) is 1.77. The number of nitrogen functional groups attached to an aromatic ring is 1. The largest absolute Gasteiger partial charge is 0.382 e. The maximum absolute atomic E-state index is 9.45. The Balaban J connectivity index is 2.44. The van der Waals surface area contributed by atoms with Crippen LogP contribution in [-0.2, 0) is 7.05 Å². The minimum atomic E-state index is 0.342. The van der Waals surface area contributed by atoms with E-state index in [1.54, 1.807) is 11.7 Å². The van der Waals surface area contributed by atoms with Crippen molar-refractivity contribution in [2.75, 3.05) is 5.73 Å². The van der Waals surface area contributed by atoms with Crippen LogP contribution in [0.25, 0.3) is 22.3 Å². The van der Waals surface area contributed by atoms with Gasteiger partial charge in [0.2, 0.25) is 0 Å². The average Bonchev–Trinajstić information content (AvgIpc) is 2.74.